The van der Waals surface area contributed by atoms with E-state index in [0.717, 1.165) is 21.1 Å². The van der Waals surface area contributed by atoms with Gasteiger partial charge in [-0.2, -0.15) is 0 Å². The molecule has 0 spiro atoms. The van der Waals surface area contributed by atoms with E-state index in [1.54, 1.807) is 12.4 Å². The lowest BCUT2D eigenvalue weighted by Gasteiger charge is -2.08. The first kappa shape index (κ1) is 13.7. The minimum atomic E-state index is -0.106. The minimum absolute atomic E-state index is 0.106. The number of hydrogen-bond donors (Lipinski definition) is 1. The lowest BCUT2D eigenvalue weighted by Crippen LogP contribution is -2.15. The van der Waals surface area contributed by atoms with Gasteiger partial charge in [-0.05, 0) is 40.2 Å². The van der Waals surface area contributed by atoms with Crippen LogP contribution in [0.2, 0.25) is 0 Å². The largest absolute Gasteiger partial charge is 0.324 e. The number of anilines is 1. The summed E-state index contributed by atoms with van der Waals surface area (Å²) in [6, 6.07) is 13.2. The summed E-state index contributed by atoms with van der Waals surface area (Å²) in [4.78, 5) is 20.6. The van der Waals surface area contributed by atoms with Crippen LogP contribution in [0, 0.1) is 0 Å². The second kappa shape index (κ2) is 6.01. The second-order valence-electron chi connectivity index (χ2n) is 4.58. The van der Waals surface area contributed by atoms with Crippen molar-refractivity contribution in [2.45, 2.75) is 6.42 Å². The third-order valence-corrected chi connectivity index (χ3v) is 3.45. The number of amides is 1. The summed E-state index contributed by atoms with van der Waals surface area (Å²) in [5.74, 6) is -0.106. The summed E-state index contributed by atoms with van der Waals surface area (Å²) in [7, 11) is 0. The highest BCUT2D eigenvalue weighted by Crippen LogP contribution is 2.23. The van der Waals surface area contributed by atoms with E-state index in [0.29, 0.717) is 5.69 Å². The molecule has 0 saturated carbocycles. The molecule has 2 heterocycles. The third-order valence-electron chi connectivity index (χ3n) is 3.02. The maximum absolute atomic E-state index is 12.1. The van der Waals surface area contributed by atoms with Crippen molar-refractivity contribution in [2.75, 3.05) is 5.32 Å². The van der Waals surface area contributed by atoms with E-state index in [2.05, 4.69) is 31.2 Å². The zero-order valence-electron chi connectivity index (χ0n) is 11.1. The number of pyridine rings is 2. The monoisotopic (exact) mass is 341 g/mol. The topological polar surface area (TPSA) is 54.9 Å². The van der Waals surface area contributed by atoms with Gasteiger partial charge in [-0.1, -0.05) is 18.2 Å². The van der Waals surface area contributed by atoms with Gasteiger partial charge in [0.1, 0.15) is 0 Å². The summed E-state index contributed by atoms with van der Waals surface area (Å²) in [5.41, 5.74) is 2.22. The highest BCUT2D eigenvalue weighted by molar-refractivity contribution is 9.10. The van der Waals surface area contributed by atoms with Crippen molar-refractivity contribution in [2.24, 2.45) is 0 Å². The fraction of sp³-hybridized carbons (Fsp3) is 0.0625. The number of fused-ring (bicyclic) bond motifs is 1. The zero-order valence-corrected chi connectivity index (χ0v) is 12.7. The summed E-state index contributed by atoms with van der Waals surface area (Å²) >= 11 is 3.39. The first-order valence-electron chi connectivity index (χ1n) is 6.46. The molecule has 21 heavy (non-hydrogen) atoms. The lowest BCUT2D eigenvalue weighted by atomic mass is 10.2. The van der Waals surface area contributed by atoms with Crippen LogP contribution in [0.25, 0.3) is 10.9 Å². The molecule has 0 radical (unpaired) electrons. The van der Waals surface area contributed by atoms with Crippen molar-refractivity contribution < 1.29 is 4.79 Å². The molecule has 0 aliphatic heterocycles. The van der Waals surface area contributed by atoms with Gasteiger partial charge in [-0.15, -0.1) is 0 Å². The Morgan fingerprint density at radius 1 is 1.14 bits per heavy atom. The number of nitrogens with zero attached hydrogens (tertiary/aromatic N) is 2. The molecule has 0 unspecified atom stereocenters. The van der Waals surface area contributed by atoms with Gasteiger partial charge in [-0.25, -0.2) is 0 Å². The number of carbonyl (C=O) groups is 1. The normalized spacial score (nSPS) is 10.5. The van der Waals surface area contributed by atoms with E-state index in [1.165, 1.54) is 0 Å². The molecule has 4 nitrogen and oxygen atoms in total. The Morgan fingerprint density at radius 3 is 2.86 bits per heavy atom. The maximum Gasteiger partial charge on any atom is 0.230 e. The SMILES string of the molecule is O=C(Cc1ccccn1)Nc1cccc2cc(Br)cnc12. The van der Waals surface area contributed by atoms with E-state index in [4.69, 9.17) is 0 Å². The molecule has 1 aromatic carbocycles. The van der Waals surface area contributed by atoms with Crippen molar-refractivity contribution in [3.63, 3.8) is 0 Å². The highest BCUT2D eigenvalue weighted by atomic mass is 79.9. The molecule has 3 rings (SSSR count). The summed E-state index contributed by atoms with van der Waals surface area (Å²) in [5, 5.41) is 3.87. The van der Waals surface area contributed by atoms with Crippen LogP contribution < -0.4 is 5.32 Å². The lowest BCUT2D eigenvalue weighted by molar-refractivity contribution is -0.115. The Kier molecular flexibility index (Phi) is 3.92. The van der Waals surface area contributed by atoms with E-state index < -0.39 is 0 Å². The van der Waals surface area contributed by atoms with Gasteiger partial charge in [0.25, 0.3) is 0 Å². The summed E-state index contributed by atoms with van der Waals surface area (Å²) < 4.78 is 0.909. The Balaban J connectivity index is 1.83. The molecule has 3 aromatic rings. The zero-order chi connectivity index (χ0) is 14.7. The molecule has 1 amide bonds. The van der Waals surface area contributed by atoms with Gasteiger partial charge >= 0.3 is 0 Å². The van der Waals surface area contributed by atoms with Crippen LogP contribution >= 0.6 is 15.9 Å². The smallest absolute Gasteiger partial charge is 0.230 e. The number of halogens is 1. The first-order chi connectivity index (χ1) is 10.2. The Bertz CT molecular complexity index is 790. The Labute approximate surface area is 130 Å². The molecule has 0 fully saturated rings. The number of rotatable bonds is 3. The number of nitrogens with one attached hydrogen (secondary N) is 1. The molecule has 5 heteroatoms. The van der Waals surface area contributed by atoms with E-state index in [9.17, 15) is 4.79 Å². The molecule has 0 saturated heterocycles. The van der Waals surface area contributed by atoms with Crippen molar-refractivity contribution in [1.29, 1.82) is 0 Å². The van der Waals surface area contributed by atoms with Crippen LogP contribution in [0.1, 0.15) is 5.69 Å². The van der Waals surface area contributed by atoms with Crippen molar-refractivity contribution in [3.05, 3.63) is 65.0 Å². The number of para-hydroxylation sites is 1. The molecule has 0 aliphatic carbocycles. The van der Waals surface area contributed by atoms with Crippen LogP contribution in [0.15, 0.2) is 59.3 Å². The van der Waals surface area contributed by atoms with Crippen LogP contribution in [0.3, 0.4) is 0 Å². The van der Waals surface area contributed by atoms with Crippen molar-refractivity contribution >= 4 is 38.4 Å². The average Bonchev–Trinajstić information content (AvgIpc) is 2.48. The molecule has 104 valence electrons. The number of carbonyl (C=O) groups excluding carboxylic acids is 1. The standard InChI is InChI=1S/C16H12BrN3O/c17-12-8-11-4-3-6-14(16(11)19-10-12)20-15(21)9-13-5-1-2-7-18-13/h1-8,10H,9H2,(H,20,21). The van der Waals surface area contributed by atoms with Crippen molar-refractivity contribution in [3.8, 4) is 0 Å². The van der Waals surface area contributed by atoms with Gasteiger partial charge in [0.05, 0.1) is 17.6 Å². The van der Waals surface area contributed by atoms with Gasteiger partial charge in [-0.3, -0.25) is 14.8 Å². The van der Waals surface area contributed by atoms with Crippen LogP contribution in [0.5, 0.6) is 0 Å². The highest BCUT2D eigenvalue weighted by Gasteiger charge is 2.08. The van der Waals surface area contributed by atoms with Gasteiger partial charge in [0, 0.05) is 27.9 Å². The molecule has 0 atom stereocenters. The van der Waals surface area contributed by atoms with Gasteiger partial charge < -0.3 is 5.32 Å². The second-order valence-corrected chi connectivity index (χ2v) is 5.49. The van der Waals surface area contributed by atoms with Crippen LogP contribution in [0.4, 0.5) is 5.69 Å². The van der Waals surface area contributed by atoms with Gasteiger partial charge in [0.15, 0.2) is 0 Å². The molecule has 0 aliphatic rings. The third kappa shape index (κ3) is 3.25. The minimum Gasteiger partial charge on any atom is -0.324 e. The molecular weight excluding hydrogens is 330 g/mol. The first-order valence-corrected chi connectivity index (χ1v) is 7.26. The predicted molar refractivity (Wildman–Crippen MR) is 86.0 cm³/mol. The predicted octanol–water partition coefficient (Wildman–Crippen LogP) is 3.57. The summed E-state index contributed by atoms with van der Waals surface area (Å²) in [6.45, 7) is 0. The summed E-state index contributed by atoms with van der Waals surface area (Å²) in [6.07, 6.45) is 3.64. The fourth-order valence-electron chi connectivity index (χ4n) is 2.10. The Morgan fingerprint density at radius 2 is 2.05 bits per heavy atom. The Hall–Kier alpha value is -2.27. The molecule has 2 aromatic heterocycles. The molecule has 1 N–H and O–H groups in total. The van der Waals surface area contributed by atoms with Crippen LogP contribution in [-0.4, -0.2) is 15.9 Å². The molecule has 0 bridgehead atoms. The van der Waals surface area contributed by atoms with Crippen molar-refractivity contribution in [1.82, 2.24) is 9.97 Å². The van der Waals surface area contributed by atoms with E-state index >= 15 is 0 Å². The average molecular weight is 342 g/mol. The maximum atomic E-state index is 12.1. The quantitative estimate of drug-likeness (QED) is 0.792. The number of aromatic nitrogens is 2. The van der Waals surface area contributed by atoms with E-state index in [1.807, 2.05) is 42.5 Å². The van der Waals surface area contributed by atoms with Gasteiger partial charge in [0.2, 0.25) is 5.91 Å². The number of benzene rings is 1. The molecular formula is C16H12BrN3O. The van der Waals surface area contributed by atoms with E-state index in [-0.39, 0.29) is 12.3 Å². The fourth-order valence-corrected chi connectivity index (χ4v) is 2.45. The number of hydrogen-bond acceptors (Lipinski definition) is 3. The van der Waals surface area contributed by atoms with Crippen LogP contribution in [-0.2, 0) is 11.2 Å².